The summed E-state index contributed by atoms with van der Waals surface area (Å²) >= 11 is 0. The molecule has 1 fully saturated rings. The van der Waals surface area contributed by atoms with Crippen molar-refractivity contribution in [1.29, 1.82) is 0 Å². The SMILES string of the molecule is CC(C)CCN(Cc1nc2ccccc2n1C1CCCCC1)C(=O)c1ccc2c(c1)OCO2. The van der Waals surface area contributed by atoms with Gasteiger partial charge in [0.05, 0.1) is 17.6 Å². The van der Waals surface area contributed by atoms with Gasteiger partial charge in [-0.1, -0.05) is 45.2 Å². The van der Waals surface area contributed by atoms with Gasteiger partial charge in [-0.15, -0.1) is 0 Å². The van der Waals surface area contributed by atoms with E-state index >= 15 is 0 Å². The number of carbonyl (C=O) groups is 1. The van der Waals surface area contributed by atoms with E-state index in [0.29, 0.717) is 42.1 Å². The fourth-order valence-corrected chi connectivity index (χ4v) is 5.00. The maximum Gasteiger partial charge on any atom is 0.254 e. The summed E-state index contributed by atoms with van der Waals surface area (Å²) in [7, 11) is 0. The first kappa shape index (κ1) is 21.8. The van der Waals surface area contributed by atoms with E-state index in [1.54, 1.807) is 6.07 Å². The molecule has 2 aliphatic rings. The minimum absolute atomic E-state index is 0.0104. The van der Waals surface area contributed by atoms with Crippen LogP contribution in [0.4, 0.5) is 0 Å². The molecule has 6 heteroatoms. The summed E-state index contributed by atoms with van der Waals surface area (Å²) in [6.07, 6.45) is 7.11. The number of hydrogen-bond donors (Lipinski definition) is 0. The second kappa shape index (κ2) is 9.46. The molecule has 5 rings (SSSR count). The van der Waals surface area contributed by atoms with E-state index in [4.69, 9.17) is 14.5 Å². The molecule has 2 heterocycles. The molecule has 1 aliphatic heterocycles. The average molecular weight is 448 g/mol. The van der Waals surface area contributed by atoms with Crippen molar-refractivity contribution in [2.24, 2.45) is 5.92 Å². The van der Waals surface area contributed by atoms with Crippen molar-refractivity contribution in [3.8, 4) is 11.5 Å². The monoisotopic (exact) mass is 447 g/mol. The van der Waals surface area contributed by atoms with E-state index in [1.807, 2.05) is 23.1 Å². The largest absolute Gasteiger partial charge is 0.454 e. The molecule has 174 valence electrons. The van der Waals surface area contributed by atoms with Crippen LogP contribution in [0.15, 0.2) is 42.5 Å². The number of imidazole rings is 1. The van der Waals surface area contributed by atoms with Crippen LogP contribution in [-0.2, 0) is 6.54 Å². The number of para-hydroxylation sites is 2. The zero-order chi connectivity index (χ0) is 22.8. The van der Waals surface area contributed by atoms with Crippen LogP contribution in [0, 0.1) is 5.92 Å². The van der Waals surface area contributed by atoms with Gasteiger partial charge in [-0.05, 0) is 55.5 Å². The molecule has 0 radical (unpaired) electrons. The molecule has 1 aromatic heterocycles. The standard InChI is InChI=1S/C27H33N3O3/c1-19(2)14-15-29(27(31)20-12-13-24-25(16-20)33-18-32-24)17-26-28-22-10-6-7-11-23(22)30(26)21-8-4-3-5-9-21/h6-7,10-13,16,19,21H,3-5,8-9,14-15,17-18H2,1-2H3. The zero-order valence-electron chi connectivity index (χ0n) is 19.6. The van der Waals surface area contributed by atoms with Crippen molar-refractivity contribution in [3.05, 3.63) is 53.9 Å². The lowest BCUT2D eigenvalue weighted by molar-refractivity contribution is 0.0727. The molecule has 1 saturated carbocycles. The van der Waals surface area contributed by atoms with Gasteiger partial charge in [0, 0.05) is 18.2 Å². The summed E-state index contributed by atoms with van der Waals surface area (Å²) in [5.74, 6) is 2.84. The highest BCUT2D eigenvalue weighted by Crippen LogP contribution is 2.34. The minimum Gasteiger partial charge on any atom is -0.454 e. The van der Waals surface area contributed by atoms with Crippen molar-refractivity contribution >= 4 is 16.9 Å². The maximum absolute atomic E-state index is 13.7. The second-order valence-corrected chi connectivity index (χ2v) is 9.66. The van der Waals surface area contributed by atoms with E-state index in [2.05, 4.69) is 36.6 Å². The number of ether oxygens (including phenoxy) is 2. The Morgan fingerprint density at radius 3 is 2.70 bits per heavy atom. The molecule has 3 aromatic rings. The van der Waals surface area contributed by atoms with Crippen LogP contribution in [0.5, 0.6) is 11.5 Å². The number of nitrogens with zero attached hydrogens (tertiary/aromatic N) is 3. The van der Waals surface area contributed by atoms with Crippen molar-refractivity contribution in [1.82, 2.24) is 14.5 Å². The molecular weight excluding hydrogens is 414 g/mol. The third-order valence-corrected chi connectivity index (χ3v) is 6.82. The molecule has 33 heavy (non-hydrogen) atoms. The lowest BCUT2D eigenvalue weighted by atomic mass is 9.95. The minimum atomic E-state index is 0.0104. The zero-order valence-corrected chi connectivity index (χ0v) is 19.6. The number of fused-ring (bicyclic) bond motifs is 2. The van der Waals surface area contributed by atoms with Crippen LogP contribution < -0.4 is 9.47 Å². The van der Waals surface area contributed by atoms with Crippen molar-refractivity contribution in [2.75, 3.05) is 13.3 Å². The molecular formula is C27H33N3O3. The molecule has 0 unspecified atom stereocenters. The summed E-state index contributed by atoms with van der Waals surface area (Å²) in [4.78, 5) is 20.6. The quantitative estimate of drug-likeness (QED) is 0.448. The van der Waals surface area contributed by atoms with Gasteiger partial charge in [0.25, 0.3) is 5.91 Å². The molecule has 0 bridgehead atoms. The topological polar surface area (TPSA) is 56.6 Å². The Labute approximate surface area is 195 Å². The molecule has 1 amide bonds. The van der Waals surface area contributed by atoms with Crippen molar-refractivity contribution in [2.45, 2.75) is 65.0 Å². The second-order valence-electron chi connectivity index (χ2n) is 9.66. The van der Waals surface area contributed by atoms with Gasteiger partial charge in [-0.2, -0.15) is 0 Å². The molecule has 0 saturated heterocycles. The van der Waals surface area contributed by atoms with Gasteiger partial charge in [-0.3, -0.25) is 4.79 Å². The molecule has 0 spiro atoms. The summed E-state index contributed by atoms with van der Waals surface area (Å²) < 4.78 is 13.4. The number of carbonyl (C=O) groups excluding carboxylic acids is 1. The van der Waals surface area contributed by atoms with Crippen LogP contribution in [0.1, 0.15) is 74.6 Å². The van der Waals surface area contributed by atoms with Gasteiger partial charge in [0.15, 0.2) is 11.5 Å². The Kier molecular flexibility index (Phi) is 6.25. The predicted molar refractivity (Wildman–Crippen MR) is 129 cm³/mol. The Bertz CT molecular complexity index is 1130. The van der Waals surface area contributed by atoms with Crippen LogP contribution in [0.3, 0.4) is 0 Å². The molecule has 1 aliphatic carbocycles. The highest BCUT2D eigenvalue weighted by Gasteiger charge is 2.26. The summed E-state index contributed by atoms with van der Waals surface area (Å²) in [6.45, 7) is 5.79. The number of amides is 1. The first-order valence-corrected chi connectivity index (χ1v) is 12.2. The predicted octanol–water partition coefficient (Wildman–Crippen LogP) is 5.96. The fraction of sp³-hybridized carbons (Fsp3) is 0.481. The summed E-state index contributed by atoms with van der Waals surface area (Å²) in [5.41, 5.74) is 2.82. The smallest absolute Gasteiger partial charge is 0.254 e. The van der Waals surface area contributed by atoms with Gasteiger partial charge >= 0.3 is 0 Å². The molecule has 2 aromatic carbocycles. The molecule has 6 nitrogen and oxygen atoms in total. The first-order chi connectivity index (χ1) is 16.1. The van der Waals surface area contributed by atoms with Gasteiger partial charge in [-0.25, -0.2) is 4.98 Å². The Balaban J connectivity index is 1.48. The number of hydrogen-bond acceptors (Lipinski definition) is 4. The van der Waals surface area contributed by atoms with Crippen molar-refractivity contribution in [3.63, 3.8) is 0 Å². The average Bonchev–Trinajstić information content (AvgIpc) is 3.45. The lowest BCUT2D eigenvalue weighted by Crippen LogP contribution is -2.33. The van der Waals surface area contributed by atoms with Crippen LogP contribution in [-0.4, -0.2) is 33.7 Å². The van der Waals surface area contributed by atoms with Gasteiger partial charge in [0.2, 0.25) is 6.79 Å². The third kappa shape index (κ3) is 4.56. The van der Waals surface area contributed by atoms with Crippen LogP contribution >= 0.6 is 0 Å². The van der Waals surface area contributed by atoms with Crippen molar-refractivity contribution < 1.29 is 14.3 Å². The van der Waals surface area contributed by atoms with E-state index in [-0.39, 0.29) is 12.7 Å². The maximum atomic E-state index is 13.7. The number of benzene rings is 2. The summed E-state index contributed by atoms with van der Waals surface area (Å²) in [6, 6.07) is 14.3. The van der Waals surface area contributed by atoms with E-state index < -0.39 is 0 Å². The van der Waals surface area contributed by atoms with E-state index in [1.165, 1.54) is 37.6 Å². The van der Waals surface area contributed by atoms with Crippen LogP contribution in [0.25, 0.3) is 11.0 Å². The first-order valence-electron chi connectivity index (χ1n) is 12.2. The molecule has 0 atom stereocenters. The lowest BCUT2D eigenvalue weighted by Gasteiger charge is -2.28. The number of aromatic nitrogens is 2. The Hall–Kier alpha value is -3.02. The van der Waals surface area contributed by atoms with E-state index in [9.17, 15) is 4.79 Å². The Morgan fingerprint density at radius 2 is 1.88 bits per heavy atom. The normalized spacial score (nSPS) is 16.0. The van der Waals surface area contributed by atoms with Crippen LogP contribution in [0.2, 0.25) is 0 Å². The number of rotatable bonds is 7. The Morgan fingerprint density at radius 1 is 1.09 bits per heavy atom. The van der Waals surface area contributed by atoms with Gasteiger partial charge < -0.3 is 18.9 Å². The third-order valence-electron chi connectivity index (χ3n) is 6.82. The fourth-order valence-electron chi connectivity index (χ4n) is 5.00. The molecule has 0 N–H and O–H groups in total. The van der Waals surface area contributed by atoms with E-state index in [0.717, 1.165) is 17.8 Å². The highest BCUT2D eigenvalue weighted by atomic mass is 16.7. The highest BCUT2D eigenvalue weighted by molar-refractivity contribution is 5.95. The van der Waals surface area contributed by atoms with Gasteiger partial charge in [0.1, 0.15) is 5.82 Å². The summed E-state index contributed by atoms with van der Waals surface area (Å²) in [5, 5.41) is 0.